The first-order valence-electron chi connectivity index (χ1n) is 12.5. The summed E-state index contributed by atoms with van der Waals surface area (Å²) in [6.07, 6.45) is 0. The summed E-state index contributed by atoms with van der Waals surface area (Å²) >= 11 is 1.71. The summed E-state index contributed by atoms with van der Waals surface area (Å²) < 4.78 is 38.8. The molecule has 0 aliphatic carbocycles. The molecule has 32 heavy (non-hydrogen) atoms. The Labute approximate surface area is 195 Å². The van der Waals surface area contributed by atoms with E-state index in [1.54, 1.807) is 11.3 Å². The zero-order chi connectivity index (χ0) is 24.6. The third-order valence-corrected chi connectivity index (χ3v) is 7.25. The molecule has 0 fully saturated rings. The summed E-state index contributed by atoms with van der Waals surface area (Å²) in [6.45, 7) is 0. The molecule has 2 heterocycles. The van der Waals surface area contributed by atoms with Crippen LogP contribution in [0.25, 0.3) is 58.8 Å². The molecule has 0 aliphatic rings. The first-order valence-corrected chi connectivity index (χ1v) is 11.4. The smallest absolute Gasteiger partial charge is 0.0645 e. The molecule has 0 amide bonds. The lowest BCUT2D eigenvalue weighted by Crippen LogP contribution is -1.92. The van der Waals surface area contributed by atoms with Crippen LogP contribution in [0.2, 0.25) is 0 Å². The molecule has 0 aliphatic heterocycles. The molecule has 1 nitrogen and oxygen atoms in total. The monoisotopic (exact) mass is 429 g/mol. The number of para-hydroxylation sites is 2. The van der Waals surface area contributed by atoms with Gasteiger partial charge in [0.1, 0.15) is 0 Å². The molecule has 7 aromatic rings. The Morgan fingerprint density at radius 2 is 1.34 bits per heavy atom. The molecule has 0 saturated heterocycles. The Balaban J connectivity index is 1.73. The molecule has 150 valence electrons. The van der Waals surface area contributed by atoms with Crippen molar-refractivity contribution in [2.75, 3.05) is 0 Å². The zero-order valence-corrected chi connectivity index (χ0v) is 17.8. The van der Waals surface area contributed by atoms with Crippen molar-refractivity contribution in [1.29, 1.82) is 0 Å². The number of nitrogens with zero attached hydrogens (tertiary/aromatic N) is 1. The fraction of sp³-hybridized carbons (Fsp3) is 0. The lowest BCUT2D eigenvalue weighted by atomic mass is 10.0. The lowest BCUT2D eigenvalue weighted by molar-refractivity contribution is 1.18. The maximum atomic E-state index is 8.90. The Bertz CT molecular complexity index is 1970. The number of fused-ring (bicyclic) bond motifs is 7. The third-order valence-electron chi connectivity index (χ3n) is 6.12. The van der Waals surface area contributed by atoms with Crippen molar-refractivity contribution in [3.63, 3.8) is 0 Å². The molecule has 7 rings (SSSR count). The van der Waals surface area contributed by atoms with E-state index in [2.05, 4.69) is 36.4 Å². The van der Waals surface area contributed by atoms with E-state index in [9.17, 15) is 0 Å². The SMILES string of the molecule is [2H]c1c([2H])c([2H])c2c(c1[2H])c1c3c(ccc1n2-c1ccccc1)sc1ccc(-c2ccccc2)cc13. The van der Waals surface area contributed by atoms with Crippen LogP contribution >= 0.6 is 11.3 Å². The molecule has 2 heteroatoms. The van der Waals surface area contributed by atoms with E-state index in [-0.39, 0.29) is 24.2 Å². The van der Waals surface area contributed by atoms with E-state index < -0.39 is 0 Å². The minimum atomic E-state index is -0.217. The van der Waals surface area contributed by atoms with Crippen LogP contribution in [0.4, 0.5) is 0 Å². The van der Waals surface area contributed by atoms with Gasteiger partial charge in [-0.05, 0) is 53.6 Å². The Morgan fingerprint density at radius 1 is 0.594 bits per heavy atom. The van der Waals surface area contributed by atoms with Gasteiger partial charge in [-0.25, -0.2) is 0 Å². The Hall–Kier alpha value is -3.88. The average molecular weight is 430 g/mol. The minimum absolute atomic E-state index is 0.00301. The molecule has 0 radical (unpaired) electrons. The average Bonchev–Trinajstić information content (AvgIpc) is 3.47. The van der Waals surface area contributed by atoms with Crippen LogP contribution in [0.15, 0.2) is 115 Å². The molecule has 0 spiro atoms. The molecular formula is C30H19NS. The summed E-state index contributed by atoms with van der Waals surface area (Å²) in [5.41, 5.74) is 4.51. The zero-order valence-electron chi connectivity index (χ0n) is 21.0. The predicted octanol–water partition coefficient (Wildman–Crippen LogP) is 8.82. The number of rotatable bonds is 2. The first kappa shape index (κ1) is 14.2. The van der Waals surface area contributed by atoms with Gasteiger partial charge in [0.25, 0.3) is 0 Å². The van der Waals surface area contributed by atoms with Gasteiger partial charge in [0, 0.05) is 36.6 Å². The lowest BCUT2D eigenvalue weighted by Gasteiger charge is -2.07. The molecule has 0 atom stereocenters. The number of hydrogen-bond donors (Lipinski definition) is 0. The van der Waals surface area contributed by atoms with E-state index in [1.165, 1.54) is 0 Å². The fourth-order valence-corrected chi connectivity index (χ4v) is 5.82. The summed E-state index contributed by atoms with van der Waals surface area (Å²) in [7, 11) is 0. The highest BCUT2D eigenvalue weighted by Crippen LogP contribution is 2.44. The van der Waals surface area contributed by atoms with Gasteiger partial charge in [0.15, 0.2) is 0 Å². The Morgan fingerprint density at radius 3 is 2.19 bits per heavy atom. The Kier molecular flexibility index (Phi) is 3.03. The molecule has 5 aromatic carbocycles. The topological polar surface area (TPSA) is 4.93 Å². The van der Waals surface area contributed by atoms with Gasteiger partial charge in [0.2, 0.25) is 0 Å². The van der Waals surface area contributed by atoms with Crippen LogP contribution in [-0.2, 0) is 0 Å². The number of aromatic nitrogens is 1. The highest BCUT2D eigenvalue weighted by Gasteiger charge is 2.17. The second-order valence-electron chi connectivity index (χ2n) is 7.91. The second kappa shape index (κ2) is 6.81. The molecule has 0 N–H and O–H groups in total. The van der Waals surface area contributed by atoms with E-state index in [0.717, 1.165) is 47.9 Å². The highest BCUT2D eigenvalue weighted by atomic mass is 32.1. The van der Waals surface area contributed by atoms with E-state index in [4.69, 9.17) is 5.48 Å². The van der Waals surface area contributed by atoms with Crippen molar-refractivity contribution in [1.82, 2.24) is 4.57 Å². The maximum absolute atomic E-state index is 8.90. The van der Waals surface area contributed by atoms with Gasteiger partial charge in [-0.15, -0.1) is 11.3 Å². The van der Waals surface area contributed by atoms with Crippen LogP contribution in [0, 0.1) is 0 Å². The van der Waals surface area contributed by atoms with Crippen molar-refractivity contribution in [3.05, 3.63) is 115 Å². The van der Waals surface area contributed by atoms with E-state index in [1.807, 2.05) is 59.2 Å². The molecular weight excluding hydrogens is 406 g/mol. The number of hydrogen-bond acceptors (Lipinski definition) is 1. The van der Waals surface area contributed by atoms with Crippen LogP contribution < -0.4 is 0 Å². The van der Waals surface area contributed by atoms with Crippen LogP contribution in [-0.4, -0.2) is 4.57 Å². The minimum Gasteiger partial charge on any atom is -0.309 e. The number of thiophene rings is 1. The van der Waals surface area contributed by atoms with E-state index >= 15 is 0 Å². The van der Waals surface area contributed by atoms with E-state index in [0.29, 0.717) is 10.9 Å². The molecule has 0 saturated carbocycles. The number of benzene rings is 5. The van der Waals surface area contributed by atoms with Crippen molar-refractivity contribution in [2.45, 2.75) is 0 Å². The second-order valence-corrected chi connectivity index (χ2v) is 8.99. The molecule has 0 unspecified atom stereocenters. The standard InChI is InChI=1S/C30H19NS/c1-3-9-20(10-4-1)21-15-17-27-24(19-21)30-28(32-27)18-16-26-29(30)23-13-7-8-14-25(23)31(26)22-11-5-2-6-12-22/h1-19H/i7D,8D,13D,14D. The van der Waals surface area contributed by atoms with Gasteiger partial charge < -0.3 is 4.57 Å². The maximum Gasteiger partial charge on any atom is 0.0645 e. The summed E-state index contributed by atoms with van der Waals surface area (Å²) in [5, 5.41) is 3.57. The van der Waals surface area contributed by atoms with Gasteiger partial charge >= 0.3 is 0 Å². The van der Waals surface area contributed by atoms with Crippen molar-refractivity contribution in [3.8, 4) is 16.8 Å². The van der Waals surface area contributed by atoms with Crippen LogP contribution in [0.1, 0.15) is 5.48 Å². The first-order chi connectivity index (χ1) is 17.5. The molecule has 2 aromatic heterocycles. The third kappa shape index (κ3) is 2.50. The summed E-state index contributed by atoms with van der Waals surface area (Å²) in [4.78, 5) is 0. The van der Waals surface area contributed by atoms with Crippen LogP contribution in [0.5, 0.6) is 0 Å². The van der Waals surface area contributed by atoms with Gasteiger partial charge in [0.05, 0.1) is 16.5 Å². The molecule has 0 bridgehead atoms. The predicted molar refractivity (Wildman–Crippen MR) is 139 cm³/mol. The quantitative estimate of drug-likeness (QED) is 0.259. The van der Waals surface area contributed by atoms with Gasteiger partial charge in [-0.1, -0.05) is 72.7 Å². The largest absolute Gasteiger partial charge is 0.309 e. The van der Waals surface area contributed by atoms with Crippen molar-refractivity contribution < 1.29 is 5.48 Å². The summed E-state index contributed by atoms with van der Waals surface area (Å²) in [5.74, 6) is 0. The van der Waals surface area contributed by atoms with Gasteiger partial charge in [-0.2, -0.15) is 0 Å². The fourth-order valence-electron chi connectivity index (χ4n) is 4.73. The normalized spacial score (nSPS) is 13.5. The van der Waals surface area contributed by atoms with Gasteiger partial charge in [-0.3, -0.25) is 0 Å². The summed E-state index contributed by atoms with van der Waals surface area (Å²) in [6, 6.07) is 30.3. The van der Waals surface area contributed by atoms with Crippen molar-refractivity contribution in [2.24, 2.45) is 0 Å². The highest BCUT2D eigenvalue weighted by molar-refractivity contribution is 7.26. The van der Waals surface area contributed by atoms with Crippen LogP contribution in [0.3, 0.4) is 0 Å². The van der Waals surface area contributed by atoms with Crippen molar-refractivity contribution >= 4 is 53.3 Å².